The van der Waals surface area contributed by atoms with Crippen LogP contribution in [0.4, 0.5) is 0 Å². The Balaban J connectivity index is 2.49. The van der Waals surface area contributed by atoms with Gasteiger partial charge in [0.2, 0.25) is 10.0 Å². The lowest BCUT2D eigenvalue weighted by Crippen LogP contribution is -2.44. The molecule has 1 saturated heterocycles. The summed E-state index contributed by atoms with van der Waals surface area (Å²) in [6, 6.07) is 2.37. The van der Waals surface area contributed by atoms with Gasteiger partial charge in [0.1, 0.15) is 4.90 Å². The SMILES string of the molecule is COc1c(Br)cc(Cl)cc1S(=O)(=O)N(C)[C@@H]1CNC[C@H]1O. The highest BCUT2D eigenvalue weighted by atomic mass is 79.9. The van der Waals surface area contributed by atoms with Crippen LogP contribution in [0.25, 0.3) is 0 Å². The Morgan fingerprint density at radius 3 is 2.67 bits per heavy atom. The summed E-state index contributed by atoms with van der Waals surface area (Å²) >= 11 is 9.19. The minimum absolute atomic E-state index is 0.0361. The van der Waals surface area contributed by atoms with Crippen LogP contribution in [-0.4, -0.2) is 57.2 Å². The molecule has 0 saturated carbocycles. The van der Waals surface area contributed by atoms with E-state index in [9.17, 15) is 13.5 Å². The van der Waals surface area contributed by atoms with Gasteiger partial charge in [-0.3, -0.25) is 0 Å². The molecule has 0 unspecified atom stereocenters. The fraction of sp³-hybridized carbons (Fsp3) is 0.500. The minimum atomic E-state index is -3.85. The van der Waals surface area contributed by atoms with Crippen LogP contribution in [-0.2, 0) is 10.0 Å². The molecule has 0 aromatic heterocycles. The van der Waals surface area contributed by atoms with Crippen molar-refractivity contribution < 1.29 is 18.3 Å². The monoisotopic (exact) mass is 398 g/mol. The summed E-state index contributed by atoms with van der Waals surface area (Å²) in [5, 5.41) is 13.1. The van der Waals surface area contributed by atoms with Crippen molar-refractivity contribution in [2.45, 2.75) is 17.0 Å². The smallest absolute Gasteiger partial charge is 0.246 e. The highest BCUT2D eigenvalue weighted by Gasteiger charge is 2.37. The van der Waals surface area contributed by atoms with Crippen molar-refractivity contribution in [2.24, 2.45) is 0 Å². The quantitative estimate of drug-likeness (QED) is 0.792. The van der Waals surface area contributed by atoms with E-state index in [1.54, 1.807) is 6.07 Å². The summed E-state index contributed by atoms with van der Waals surface area (Å²) in [6.45, 7) is 0.752. The van der Waals surface area contributed by atoms with Crippen molar-refractivity contribution in [3.8, 4) is 5.75 Å². The van der Waals surface area contributed by atoms with Gasteiger partial charge in [-0.15, -0.1) is 0 Å². The first-order valence-corrected chi connectivity index (χ1v) is 8.80. The van der Waals surface area contributed by atoms with Gasteiger partial charge in [0, 0.05) is 25.2 Å². The van der Waals surface area contributed by atoms with E-state index in [1.807, 2.05) is 0 Å². The number of ether oxygens (including phenoxy) is 1. The molecular weight excluding hydrogens is 384 g/mol. The number of rotatable bonds is 4. The molecule has 1 aliphatic rings. The van der Waals surface area contributed by atoms with Gasteiger partial charge in [-0.05, 0) is 28.1 Å². The molecule has 1 aromatic carbocycles. The second kappa shape index (κ2) is 6.39. The molecule has 0 aliphatic carbocycles. The summed E-state index contributed by atoms with van der Waals surface area (Å²) in [5.74, 6) is 0.187. The highest BCUT2D eigenvalue weighted by molar-refractivity contribution is 9.10. The second-order valence-electron chi connectivity index (χ2n) is 4.73. The molecule has 1 aliphatic heterocycles. The zero-order valence-electron chi connectivity index (χ0n) is 11.5. The number of methoxy groups -OCH3 is 1. The summed E-state index contributed by atoms with van der Waals surface area (Å²) in [6.07, 6.45) is -0.751. The largest absolute Gasteiger partial charge is 0.494 e. The zero-order valence-corrected chi connectivity index (χ0v) is 14.7. The van der Waals surface area contributed by atoms with Gasteiger partial charge >= 0.3 is 0 Å². The van der Waals surface area contributed by atoms with Gasteiger partial charge in [-0.25, -0.2) is 8.42 Å². The molecule has 9 heteroatoms. The van der Waals surface area contributed by atoms with Crippen LogP contribution in [0.15, 0.2) is 21.5 Å². The van der Waals surface area contributed by atoms with Gasteiger partial charge < -0.3 is 15.2 Å². The number of nitrogens with one attached hydrogen (secondary N) is 1. The predicted octanol–water partition coefficient (Wildman–Crippen LogP) is 1.06. The Labute approximate surface area is 137 Å². The van der Waals surface area contributed by atoms with Gasteiger partial charge in [0.05, 0.1) is 23.7 Å². The number of aliphatic hydroxyl groups excluding tert-OH is 1. The number of hydrogen-bond donors (Lipinski definition) is 2. The van der Waals surface area contributed by atoms with E-state index in [4.69, 9.17) is 16.3 Å². The number of benzene rings is 1. The molecular formula is C12H16BrClN2O4S. The fourth-order valence-electron chi connectivity index (χ4n) is 2.28. The number of nitrogens with zero attached hydrogens (tertiary/aromatic N) is 1. The first-order valence-electron chi connectivity index (χ1n) is 6.19. The number of β-amino-alcohol motifs (C(OH)–C–C–N with tert-alkyl or cyclic N) is 1. The lowest BCUT2D eigenvalue weighted by molar-refractivity contribution is 0.136. The number of hydrogen-bond acceptors (Lipinski definition) is 5. The first kappa shape index (κ1) is 17.0. The molecule has 118 valence electrons. The van der Waals surface area contributed by atoms with Crippen molar-refractivity contribution in [3.05, 3.63) is 21.6 Å². The number of halogens is 2. The number of aliphatic hydroxyl groups is 1. The number of likely N-dealkylation sites (N-methyl/N-ethyl adjacent to an activating group) is 1. The Kier molecular flexibility index (Phi) is 5.17. The molecule has 0 amide bonds. The third-order valence-electron chi connectivity index (χ3n) is 3.45. The highest BCUT2D eigenvalue weighted by Crippen LogP contribution is 2.37. The van der Waals surface area contributed by atoms with E-state index in [1.165, 1.54) is 20.2 Å². The van der Waals surface area contributed by atoms with E-state index in [-0.39, 0.29) is 15.7 Å². The van der Waals surface area contributed by atoms with Gasteiger partial charge in [0.15, 0.2) is 5.75 Å². The van der Waals surface area contributed by atoms with E-state index < -0.39 is 22.2 Å². The summed E-state index contributed by atoms with van der Waals surface area (Å²) in [4.78, 5) is -0.0361. The van der Waals surface area contributed by atoms with Crippen LogP contribution < -0.4 is 10.1 Å². The molecule has 6 nitrogen and oxygen atoms in total. The zero-order chi connectivity index (χ0) is 15.8. The molecule has 1 heterocycles. The maximum atomic E-state index is 12.8. The van der Waals surface area contributed by atoms with Crippen LogP contribution in [0.5, 0.6) is 5.75 Å². The van der Waals surface area contributed by atoms with Gasteiger partial charge in [-0.1, -0.05) is 11.6 Å². The minimum Gasteiger partial charge on any atom is -0.494 e. The normalized spacial score (nSPS) is 22.8. The van der Waals surface area contributed by atoms with Crippen molar-refractivity contribution in [1.29, 1.82) is 0 Å². The predicted molar refractivity (Wildman–Crippen MR) is 83.3 cm³/mol. The average molecular weight is 400 g/mol. The standard InChI is InChI=1S/C12H16BrClN2O4S/c1-16(9-5-15-6-10(9)17)21(18,19)11-4-7(14)3-8(13)12(11)20-2/h3-4,9-10,15,17H,5-6H2,1-2H3/t9-,10-/m1/s1. The molecule has 0 bridgehead atoms. The molecule has 2 atom stereocenters. The van der Waals surface area contributed by atoms with E-state index in [0.29, 0.717) is 17.6 Å². The summed E-state index contributed by atoms with van der Waals surface area (Å²) in [7, 11) is -1.03. The Hall–Kier alpha value is -0.380. The van der Waals surface area contributed by atoms with Gasteiger partial charge in [-0.2, -0.15) is 4.31 Å². The maximum absolute atomic E-state index is 12.8. The molecule has 2 N–H and O–H groups in total. The van der Waals surface area contributed by atoms with Crippen LogP contribution in [0.3, 0.4) is 0 Å². The van der Waals surface area contributed by atoms with Crippen LogP contribution in [0, 0.1) is 0 Å². The molecule has 1 aromatic rings. The van der Waals surface area contributed by atoms with Crippen LogP contribution >= 0.6 is 27.5 Å². The van der Waals surface area contributed by atoms with Crippen molar-refractivity contribution in [1.82, 2.24) is 9.62 Å². The molecule has 0 spiro atoms. The maximum Gasteiger partial charge on any atom is 0.246 e. The third kappa shape index (κ3) is 3.20. The van der Waals surface area contributed by atoms with Crippen molar-refractivity contribution in [2.75, 3.05) is 27.2 Å². The summed E-state index contributed by atoms with van der Waals surface area (Å²) < 4.78 is 32.3. The summed E-state index contributed by atoms with van der Waals surface area (Å²) in [5.41, 5.74) is 0. The third-order valence-corrected chi connectivity index (χ3v) is 6.15. The first-order chi connectivity index (χ1) is 9.78. The van der Waals surface area contributed by atoms with Crippen molar-refractivity contribution >= 4 is 37.6 Å². The van der Waals surface area contributed by atoms with Crippen LogP contribution in [0.2, 0.25) is 5.02 Å². The Morgan fingerprint density at radius 2 is 2.14 bits per heavy atom. The lowest BCUT2D eigenvalue weighted by atomic mass is 10.2. The average Bonchev–Trinajstić information content (AvgIpc) is 2.83. The van der Waals surface area contributed by atoms with Crippen molar-refractivity contribution in [3.63, 3.8) is 0 Å². The molecule has 21 heavy (non-hydrogen) atoms. The number of sulfonamides is 1. The van der Waals surface area contributed by atoms with E-state index in [2.05, 4.69) is 21.2 Å². The Bertz CT molecular complexity index is 640. The van der Waals surface area contributed by atoms with Crippen LogP contribution in [0.1, 0.15) is 0 Å². The molecule has 0 radical (unpaired) electrons. The fourth-order valence-corrected chi connectivity index (χ4v) is 5.04. The van der Waals surface area contributed by atoms with E-state index in [0.717, 1.165) is 4.31 Å². The lowest BCUT2D eigenvalue weighted by Gasteiger charge is -2.26. The second-order valence-corrected chi connectivity index (χ2v) is 7.99. The molecule has 1 fully saturated rings. The Morgan fingerprint density at radius 1 is 1.48 bits per heavy atom. The topological polar surface area (TPSA) is 78.9 Å². The molecule has 2 rings (SSSR count). The van der Waals surface area contributed by atoms with Gasteiger partial charge in [0.25, 0.3) is 0 Å². The van der Waals surface area contributed by atoms with E-state index >= 15 is 0 Å².